The fourth-order valence-electron chi connectivity index (χ4n) is 0.786. The van der Waals surface area contributed by atoms with Crippen molar-refractivity contribution >= 4 is 9.30 Å². The van der Waals surface area contributed by atoms with Crippen LogP contribution < -0.4 is 0 Å². The van der Waals surface area contributed by atoms with E-state index in [1.165, 1.54) is 19.4 Å². The topological polar surface area (TPSA) is 0 Å². The van der Waals surface area contributed by atoms with Crippen LogP contribution >= 0.6 is 9.30 Å². The Kier molecular flexibility index (Phi) is 10.9. The first-order valence-electron chi connectivity index (χ1n) is 3.82. The molecule has 0 heterocycles. The maximum absolute atomic E-state index is 4.64. The first kappa shape index (κ1) is 12.0. The Morgan fingerprint density at radius 3 is 1.00 bits per heavy atom. The minimum absolute atomic E-state index is 1.14. The molecule has 0 aromatic heterocycles. The van der Waals surface area contributed by atoms with Gasteiger partial charge in [-0.2, -0.15) is 0 Å². The molecule has 63 valence electrons. The van der Waals surface area contributed by atoms with E-state index in [9.17, 15) is 0 Å². The Bertz CT molecular complexity index is 148. The summed E-state index contributed by atoms with van der Waals surface area (Å²) in [6.45, 7) is 0. The van der Waals surface area contributed by atoms with Gasteiger partial charge in [0.25, 0.3) is 0 Å². The number of rotatable bonds is 0. The monoisotopic (exact) mass is 215 g/mol. The second kappa shape index (κ2) is 11.0. The van der Waals surface area contributed by atoms with Gasteiger partial charge < -0.3 is 0 Å². The molecule has 2 aliphatic rings. The molecule has 0 fully saturated rings. The average molecular weight is 216 g/mol. The van der Waals surface area contributed by atoms with Crippen molar-refractivity contribution in [3.05, 3.63) is 48.6 Å². The zero-order valence-electron chi connectivity index (χ0n) is 6.91. The van der Waals surface area contributed by atoms with Gasteiger partial charge >= 0.3 is 28.7 Å². The second-order valence-corrected chi connectivity index (χ2v) is 2.18. The van der Waals surface area contributed by atoms with Crippen LogP contribution in [0.2, 0.25) is 0 Å². The molecule has 0 aromatic carbocycles. The SMILES string of the molecule is C1=CCC=C1.C1=CCC=C1.[Cl][Ti]. The molecule has 0 unspecified atom stereocenters. The molecule has 0 radical (unpaired) electrons. The molecule has 0 N–H and O–H groups in total. The van der Waals surface area contributed by atoms with Crippen LogP contribution in [0.3, 0.4) is 0 Å². The van der Waals surface area contributed by atoms with Gasteiger partial charge in [0.1, 0.15) is 0 Å². The summed E-state index contributed by atoms with van der Waals surface area (Å²) in [5.41, 5.74) is 0. The molecule has 0 spiro atoms. The molecule has 0 saturated heterocycles. The Morgan fingerprint density at radius 1 is 0.667 bits per heavy atom. The third kappa shape index (κ3) is 8.06. The Hall–Kier alpha value is -0.0357. The summed E-state index contributed by atoms with van der Waals surface area (Å²) in [6.07, 6.45) is 19.0. The van der Waals surface area contributed by atoms with Crippen LogP contribution in [0, 0.1) is 0 Å². The van der Waals surface area contributed by atoms with Crippen molar-refractivity contribution in [3.8, 4) is 0 Å². The van der Waals surface area contributed by atoms with E-state index in [1.807, 2.05) is 0 Å². The minimum atomic E-state index is 1.14. The standard InChI is InChI=1S/2C5H6.ClH.Ti/c2*1-2-4-5-3-1;;/h2*1-4H,5H2;1H;/q;;;+1/p-1. The molecule has 0 aliphatic heterocycles. The van der Waals surface area contributed by atoms with Gasteiger partial charge in [-0.05, 0) is 12.8 Å². The van der Waals surface area contributed by atoms with Crippen molar-refractivity contribution in [2.75, 3.05) is 0 Å². The molecular formula is C10H12ClTi. The van der Waals surface area contributed by atoms with E-state index in [2.05, 4.69) is 57.9 Å². The molecule has 0 aromatic rings. The number of allylic oxidation sites excluding steroid dienone is 8. The Morgan fingerprint density at radius 2 is 0.917 bits per heavy atom. The van der Waals surface area contributed by atoms with E-state index in [-0.39, 0.29) is 0 Å². The number of halogens is 1. The van der Waals surface area contributed by atoms with Crippen molar-refractivity contribution in [1.29, 1.82) is 0 Å². The molecule has 12 heavy (non-hydrogen) atoms. The molecule has 2 aliphatic carbocycles. The van der Waals surface area contributed by atoms with Crippen LogP contribution in [0.5, 0.6) is 0 Å². The van der Waals surface area contributed by atoms with Crippen molar-refractivity contribution in [2.45, 2.75) is 12.8 Å². The van der Waals surface area contributed by atoms with Gasteiger partial charge in [0.05, 0.1) is 0 Å². The Labute approximate surface area is 90.0 Å². The van der Waals surface area contributed by atoms with Crippen LogP contribution in [-0.4, -0.2) is 0 Å². The summed E-state index contributed by atoms with van der Waals surface area (Å²) in [5.74, 6) is 0. The van der Waals surface area contributed by atoms with Crippen molar-refractivity contribution < 1.29 is 19.4 Å². The molecule has 0 nitrogen and oxygen atoms in total. The first-order chi connectivity index (χ1) is 6.00. The molecule has 0 atom stereocenters. The van der Waals surface area contributed by atoms with Crippen LogP contribution in [0.15, 0.2) is 48.6 Å². The van der Waals surface area contributed by atoms with Gasteiger partial charge in [0.2, 0.25) is 0 Å². The van der Waals surface area contributed by atoms with Crippen molar-refractivity contribution in [3.63, 3.8) is 0 Å². The van der Waals surface area contributed by atoms with Gasteiger partial charge in [0, 0.05) is 0 Å². The van der Waals surface area contributed by atoms with E-state index in [0.717, 1.165) is 12.8 Å². The van der Waals surface area contributed by atoms with E-state index >= 15 is 0 Å². The molecule has 2 rings (SSSR count). The van der Waals surface area contributed by atoms with E-state index in [4.69, 9.17) is 0 Å². The molecule has 0 amide bonds. The van der Waals surface area contributed by atoms with Crippen molar-refractivity contribution in [2.24, 2.45) is 0 Å². The molecule has 0 bridgehead atoms. The van der Waals surface area contributed by atoms with Gasteiger partial charge in [-0.25, -0.2) is 0 Å². The van der Waals surface area contributed by atoms with Crippen LogP contribution in [0.1, 0.15) is 12.8 Å². The fraction of sp³-hybridized carbons (Fsp3) is 0.200. The quantitative estimate of drug-likeness (QED) is 0.541. The number of hydrogen-bond donors (Lipinski definition) is 0. The fourth-order valence-corrected chi connectivity index (χ4v) is 0.786. The zero-order chi connectivity index (χ0) is 9.07. The summed E-state index contributed by atoms with van der Waals surface area (Å²) >= 11 is 1.47. The third-order valence-corrected chi connectivity index (χ3v) is 1.31. The van der Waals surface area contributed by atoms with Crippen LogP contribution in [0.4, 0.5) is 0 Å². The molecule has 0 saturated carbocycles. The van der Waals surface area contributed by atoms with Gasteiger partial charge in [-0.3, -0.25) is 0 Å². The molecular weight excluding hydrogens is 203 g/mol. The predicted octanol–water partition coefficient (Wildman–Crippen LogP) is 3.69. The summed E-state index contributed by atoms with van der Waals surface area (Å²) in [5, 5.41) is 0. The zero-order valence-corrected chi connectivity index (χ0v) is 9.23. The van der Waals surface area contributed by atoms with E-state index in [1.54, 1.807) is 0 Å². The predicted molar refractivity (Wildman–Crippen MR) is 51.6 cm³/mol. The van der Waals surface area contributed by atoms with Crippen LogP contribution in [-0.2, 0) is 19.4 Å². The average Bonchev–Trinajstić information content (AvgIpc) is 2.87. The van der Waals surface area contributed by atoms with Gasteiger partial charge in [-0.15, -0.1) is 0 Å². The summed E-state index contributed by atoms with van der Waals surface area (Å²) in [4.78, 5) is 0. The van der Waals surface area contributed by atoms with E-state index < -0.39 is 0 Å². The third-order valence-electron chi connectivity index (χ3n) is 1.31. The Balaban J connectivity index is 0.000000168. The summed E-state index contributed by atoms with van der Waals surface area (Å²) < 4.78 is 0. The van der Waals surface area contributed by atoms with Crippen molar-refractivity contribution in [1.82, 2.24) is 0 Å². The van der Waals surface area contributed by atoms with Gasteiger partial charge in [0.15, 0.2) is 0 Å². The van der Waals surface area contributed by atoms with Crippen LogP contribution in [0.25, 0.3) is 0 Å². The summed E-state index contributed by atoms with van der Waals surface area (Å²) in [7, 11) is 4.64. The normalized spacial score (nSPS) is 15.0. The maximum atomic E-state index is 4.64. The van der Waals surface area contributed by atoms with E-state index in [0.29, 0.717) is 0 Å². The van der Waals surface area contributed by atoms with Gasteiger partial charge in [-0.1, -0.05) is 48.6 Å². The first-order valence-corrected chi connectivity index (χ1v) is 5.97. The second-order valence-electron chi connectivity index (χ2n) is 2.18. The molecule has 2 heteroatoms. The summed E-state index contributed by atoms with van der Waals surface area (Å²) in [6, 6.07) is 0. The number of hydrogen-bond acceptors (Lipinski definition) is 0.